The number of aromatic amines is 1. The molecule has 0 fully saturated rings. The van der Waals surface area contributed by atoms with Gasteiger partial charge in [0, 0.05) is 11.3 Å². The van der Waals surface area contributed by atoms with Crippen LogP contribution in [0.5, 0.6) is 0 Å². The number of nitrogens with one attached hydrogen (secondary N) is 1. The number of H-pyrrole nitrogens is 1. The summed E-state index contributed by atoms with van der Waals surface area (Å²) in [6.07, 6.45) is 0. The van der Waals surface area contributed by atoms with Gasteiger partial charge >= 0.3 is 5.69 Å². The monoisotopic (exact) mass is 285 g/mol. The number of nitrogens with zero attached hydrogens (tertiary/aromatic N) is 1. The van der Waals surface area contributed by atoms with Crippen LogP contribution in [0, 0.1) is 12.7 Å². The van der Waals surface area contributed by atoms with Gasteiger partial charge in [0.2, 0.25) is 0 Å². The first-order valence-corrected chi connectivity index (χ1v) is 6.28. The summed E-state index contributed by atoms with van der Waals surface area (Å²) in [6, 6.07) is 8.44. The number of imidazole rings is 1. The van der Waals surface area contributed by atoms with E-state index in [0.29, 0.717) is 16.7 Å². The van der Waals surface area contributed by atoms with Crippen LogP contribution in [0.3, 0.4) is 0 Å². The van der Waals surface area contributed by atoms with Crippen molar-refractivity contribution in [1.82, 2.24) is 9.55 Å². The van der Waals surface area contributed by atoms with Gasteiger partial charge in [0.15, 0.2) is 0 Å². The van der Waals surface area contributed by atoms with Crippen molar-refractivity contribution in [1.29, 1.82) is 0 Å². The average molecular weight is 285 g/mol. The van der Waals surface area contributed by atoms with Gasteiger partial charge in [0.25, 0.3) is 5.91 Å². The SMILES string of the molecule is Cc1cc2[nH]c(=O)n(C(=O)c3cccc(F)c3)c2cc1N. The Kier molecular flexibility index (Phi) is 2.86. The van der Waals surface area contributed by atoms with Crippen molar-refractivity contribution < 1.29 is 9.18 Å². The van der Waals surface area contributed by atoms with E-state index >= 15 is 0 Å². The number of fused-ring (bicyclic) bond motifs is 1. The molecule has 1 aromatic heterocycles. The maximum Gasteiger partial charge on any atom is 0.333 e. The molecule has 3 aromatic rings. The lowest BCUT2D eigenvalue weighted by molar-refractivity contribution is 0.0960. The molecule has 2 aromatic carbocycles. The molecule has 0 aliphatic rings. The number of hydrogen-bond donors (Lipinski definition) is 2. The summed E-state index contributed by atoms with van der Waals surface area (Å²) in [4.78, 5) is 27.0. The third-order valence-corrected chi connectivity index (χ3v) is 3.34. The van der Waals surface area contributed by atoms with Crippen molar-refractivity contribution >= 4 is 22.6 Å². The number of anilines is 1. The second-order valence-electron chi connectivity index (χ2n) is 4.81. The predicted molar refractivity (Wildman–Crippen MR) is 77.8 cm³/mol. The van der Waals surface area contributed by atoms with Crippen LogP contribution in [0.2, 0.25) is 0 Å². The van der Waals surface area contributed by atoms with E-state index in [-0.39, 0.29) is 5.56 Å². The first kappa shape index (κ1) is 13.1. The van der Waals surface area contributed by atoms with E-state index in [1.165, 1.54) is 18.2 Å². The fourth-order valence-corrected chi connectivity index (χ4v) is 2.23. The van der Waals surface area contributed by atoms with Crippen molar-refractivity contribution in [2.24, 2.45) is 0 Å². The molecule has 106 valence electrons. The van der Waals surface area contributed by atoms with Crippen LogP contribution in [0.15, 0.2) is 41.2 Å². The molecule has 0 unspecified atom stereocenters. The fourth-order valence-electron chi connectivity index (χ4n) is 2.23. The lowest BCUT2D eigenvalue weighted by Gasteiger charge is -2.04. The molecule has 5 nitrogen and oxygen atoms in total. The molecule has 1 heterocycles. The first-order valence-electron chi connectivity index (χ1n) is 6.28. The number of hydrogen-bond acceptors (Lipinski definition) is 3. The zero-order chi connectivity index (χ0) is 15.1. The van der Waals surface area contributed by atoms with Crippen LogP contribution in [0.25, 0.3) is 11.0 Å². The molecule has 0 aliphatic heterocycles. The number of rotatable bonds is 1. The van der Waals surface area contributed by atoms with Crippen LogP contribution < -0.4 is 11.4 Å². The number of nitrogens with two attached hydrogens (primary N) is 1. The molecule has 0 saturated carbocycles. The maximum atomic E-state index is 13.2. The Morgan fingerprint density at radius 2 is 2.05 bits per heavy atom. The second-order valence-corrected chi connectivity index (χ2v) is 4.81. The topological polar surface area (TPSA) is 80.9 Å². The molecule has 0 atom stereocenters. The van der Waals surface area contributed by atoms with E-state index in [2.05, 4.69) is 4.98 Å². The van der Waals surface area contributed by atoms with Gasteiger partial charge in [-0.25, -0.2) is 13.8 Å². The van der Waals surface area contributed by atoms with E-state index in [9.17, 15) is 14.0 Å². The van der Waals surface area contributed by atoms with Gasteiger partial charge in [-0.15, -0.1) is 0 Å². The highest BCUT2D eigenvalue weighted by Gasteiger charge is 2.17. The number of aromatic nitrogens is 2. The number of carbonyl (C=O) groups excluding carboxylic acids is 1. The van der Waals surface area contributed by atoms with Crippen molar-refractivity contribution in [2.75, 3.05) is 5.73 Å². The van der Waals surface area contributed by atoms with Gasteiger partial charge in [-0.3, -0.25) is 4.79 Å². The second kappa shape index (κ2) is 4.59. The molecular weight excluding hydrogens is 273 g/mol. The highest BCUT2D eigenvalue weighted by Crippen LogP contribution is 2.20. The minimum Gasteiger partial charge on any atom is -0.398 e. The number of carbonyl (C=O) groups is 1. The summed E-state index contributed by atoms with van der Waals surface area (Å²) in [5.74, 6) is -1.14. The summed E-state index contributed by atoms with van der Waals surface area (Å²) >= 11 is 0. The smallest absolute Gasteiger partial charge is 0.333 e. The quantitative estimate of drug-likeness (QED) is 0.671. The van der Waals surface area contributed by atoms with Gasteiger partial charge in [-0.2, -0.15) is 0 Å². The lowest BCUT2D eigenvalue weighted by Crippen LogP contribution is -2.24. The standard InChI is InChI=1S/C15H12FN3O2/c1-8-5-12-13(7-11(8)17)19(15(21)18-12)14(20)9-3-2-4-10(16)6-9/h2-7H,17H2,1H3,(H,18,21). The minimum absolute atomic E-state index is 0.0946. The highest BCUT2D eigenvalue weighted by molar-refractivity contribution is 6.01. The Bertz CT molecular complexity index is 924. The van der Waals surface area contributed by atoms with Gasteiger partial charge in [-0.05, 0) is 42.8 Å². The van der Waals surface area contributed by atoms with Gasteiger partial charge in [-0.1, -0.05) is 6.07 Å². The molecule has 0 aliphatic carbocycles. The van der Waals surface area contributed by atoms with Crippen molar-refractivity contribution in [3.63, 3.8) is 0 Å². The predicted octanol–water partition coefficient (Wildman–Crippen LogP) is 2.05. The zero-order valence-electron chi connectivity index (χ0n) is 11.2. The third-order valence-electron chi connectivity index (χ3n) is 3.34. The first-order chi connectivity index (χ1) is 9.97. The van der Waals surface area contributed by atoms with Crippen LogP contribution in [-0.4, -0.2) is 15.5 Å². The van der Waals surface area contributed by atoms with E-state index in [1.54, 1.807) is 19.1 Å². The number of benzene rings is 2. The molecule has 3 N–H and O–H groups in total. The lowest BCUT2D eigenvalue weighted by atomic mass is 10.1. The normalized spacial score (nSPS) is 11.0. The van der Waals surface area contributed by atoms with Gasteiger partial charge < -0.3 is 10.7 Å². The fraction of sp³-hybridized carbons (Fsp3) is 0.0667. The molecule has 0 saturated heterocycles. The average Bonchev–Trinajstić information content (AvgIpc) is 2.74. The largest absolute Gasteiger partial charge is 0.398 e. The van der Waals surface area contributed by atoms with Gasteiger partial charge in [0.1, 0.15) is 5.82 Å². The minimum atomic E-state index is -0.603. The van der Waals surface area contributed by atoms with E-state index in [0.717, 1.165) is 16.2 Å². The van der Waals surface area contributed by atoms with Crippen molar-refractivity contribution in [3.05, 3.63) is 63.8 Å². The van der Waals surface area contributed by atoms with Crippen LogP contribution in [0.1, 0.15) is 15.9 Å². The Hall–Kier alpha value is -2.89. The Morgan fingerprint density at radius 1 is 1.29 bits per heavy atom. The number of nitrogen functional groups attached to an aromatic ring is 1. The summed E-state index contributed by atoms with van der Waals surface area (Å²) in [6.45, 7) is 1.80. The molecule has 21 heavy (non-hydrogen) atoms. The number of aryl methyl sites for hydroxylation is 1. The van der Waals surface area contributed by atoms with Crippen LogP contribution in [0.4, 0.5) is 10.1 Å². The maximum absolute atomic E-state index is 13.2. The Labute approximate surface area is 118 Å². The molecule has 0 amide bonds. The summed E-state index contributed by atoms with van der Waals surface area (Å²) in [7, 11) is 0. The molecule has 0 spiro atoms. The van der Waals surface area contributed by atoms with Crippen LogP contribution >= 0.6 is 0 Å². The number of halogens is 1. The Balaban J connectivity index is 2.25. The van der Waals surface area contributed by atoms with Crippen molar-refractivity contribution in [2.45, 2.75) is 6.92 Å². The molecule has 0 radical (unpaired) electrons. The molecule has 0 bridgehead atoms. The van der Waals surface area contributed by atoms with E-state index in [1.807, 2.05) is 0 Å². The summed E-state index contributed by atoms with van der Waals surface area (Å²) < 4.78 is 14.2. The van der Waals surface area contributed by atoms with Crippen LogP contribution in [-0.2, 0) is 0 Å². The third kappa shape index (κ3) is 2.10. The molecular formula is C15H12FN3O2. The van der Waals surface area contributed by atoms with E-state index < -0.39 is 17.4 Å². The van der Waals surface area contributed by atoms with E-state index in [4.69, 9.17) is 5.73 Å². The zero-order valence-corrected chi connectivity index (χ0v) is 11.2. The highest BCUT2D eigenvalue weighted by atomic mass is 19.1. The Morgan fingerprint density at radius 3 is 2.76 bits per heavy atom. The molecule has 6 heteroatoms. The summed E-state index contributed by atoms with van der Waals surface area (Å²) in [5.41, 5.74) is 7.50. The van der Waals surface area contributed by atoms with Crippen molar-refractivity contribution in [3.8, 4) is 0 Å². The summed E-state index contributed by atoms with van der Waals surface area (Å²) in [5, 5.41) is 0. The molecule has 3 rings (SSSR count). The van der Waals surface area contributed by atoms with Gasteiger partial charge in [0.05, 0.1) is 11.0 Å².